The van der Waals surface area contributed by atoms with Crippen LogP contribution in [0.4, 0.5) is 4.39 Å². The maximum atomic E-state index is 14.5. The molecule has 0 fully saturated rings. The van der Waals surface area contributed by atoms with Crippen LogP contribution in [0.1, 0.15) is 69.2 Å². The van der Waals surface area contributed by atoms with Gasteiger partial charge in [-0.25, -0.2) is 4.39 Å². The molecule has 1 N–H and O–H groups in total. The smallest absolute Gasteiger partial charge is 0.192 e. The van der Waals surface area contributed by atoms with E-state index in [4.69, 9.17) is 16.0 Å². The van der Waals surface area contributed by atoms with Crippen molar-refractivity contribution in [3.8, 4) is 0 Å². The van der Waals surface area contributed by atoms with Crippen LogP contribution in [0.3, 0.4) is 0 Å². The van der Waals surface area contributed by atoms with Gasteiger partial charge in [-0.2, -0.15) is 0 Å². The molecule has 2 aromatic rings. The predicted octanol–water partition coefficient (Wildman–Crippen LogP) is 8.27. The lowest BCUT2D eigenvalue weighted by atomic mass is 9.97. The zero-order chi connectivity index (χ0) is 24.6. The summed E-state index contributed by atoms with van der Waals surface area (Å²) in [6, 6.07) is 4.40. The molecule has 0 radical (unpaired) electrons. The average molecular weight is 583 g/mol. The lowest BCUT2D eigenvalue weighted by molar-refractivity contribution is 0.278. The van der Waals surface area contributed by atoms with Gasteiger partial charge in [0.25, 0.3) is 0 Å². The molecule has 0 bridgehead atoms. The Bertz CT molecular complexity index is 957. The largest absolute Gasteiger partial charge is 0.598 e. The normalized spacial score (nSPS) is 15.2. The van der Waals surface area contributed by atoms with Gasteiger partial charge >= 0.3 is 0 Å². The second kappa shape index (κ2) is 10.4. The van der Waals surface area contributed by atoms with Crippen molar-refractivity contribution in [2.45, 2.75) is 84.0 Å². The Labute approximate surface area is 214 Å². The average Bonchev–Trinajstić information content (AvgIpc) is 2.93. The lowest BCUT2D eigenvalue weighted by Crippen LogP contribution is -2.42. The van der Waals surface area contributed by atoms with E-state index in [1.54, 1.807) is 6.07 Å². The summed E-state index contributed by atoms with van der Waals surface area (Å²) in [5, 5.41) is 0.0697. The summed E-state index contributed by atoms with van der Waals surface area (Å²) in [6.45, 7) is 19.1. The van der Waals surface area contributed by atoms with Gasteiger partial charge in [0.2, 0.25) is 0 Å². The molecule has 0 amide bonds. The van der Waals surface area contributed by atoms with E-state index in [1.165, 1.54) is 17.4 Å². The summed E-state index contributed by atoms with van der Waals surface area (Å²) in [5.41, 5.74) is 2.47. The fraction of sp³-hybridized carbons (Fsp3) is 0.565. The van der Waals surface area contributed by atoms with Gasteiger partial charge in [-0.05, 0) is 84.5 Å². The molecule has 2 unspecified atom stereocenters. The quantitative estimate of drug-likeness (QED) is 0.264. The van der Waals surface area contributed by atoms with Gasteiger partial charge in [0.1, 0.15) is 16.6 Å². The van der Waals surface area contributed by atoms with Gasteiger partial charge in [-0.15, -0.1) is 16.1 Å². The Morgan fingerprint density at radius 2 is 1.84 bits per heavy atom. The van der Waals surface area contributed by atoms with Crippen LogP contribution in [0.5, 0.6) is 0 Å². The van der Waals surface area contributed by atoms with E-state index in [0.717, 1.165) is 16.0 Å². The zero-order valence-electron chi connectivity index (χ0n) is 20.3. The zero-order valence-corrected chi connectivity index (χ0v) is 25.3. The third-order valence-corrected chi connectivity index (χ3v) is 14.4. The van der Waals surface area contributed by atoms with Gasteiger partial charge in [-0.1, -0.05) is 44.5 Å². The Hall–Kier alpha value is 0.0669. The minimum Gasteiger partial charge on any atom is -0.598 e. The first-order valence-corrected chi connectivity index (χ1v) is 16.6. The summed E-state index contributed by atoms with van der Waals surface area (Å²) in [4.78, 5) is 0.969. The number of nitrogens with one attached hydrogen (secondary N) is 1. The van der Waals surface area contributed by atoms with Gasteiger partial charge < -0.3 is 8.98 Å². The predicted molar refractivity (Wildman–Crippen MR) is 143 cm³/mol. The first kappa shape index (κ1) is 28.3. The molecule has 0 aliphatic carbocycles. The maximum absolute atomic E-state index is 14.5. The SMILES string of the molecule is Cc1c(Cl)sc(CO[Si](C)(C)C(C)(C)C)c1C(N[S+]([O-])C(C)(C)C)c1cccc(F)c1Br. The monoisotopic (exact) mass is 581 g/mol. The van der Waals surface area contributed by atoms with Crippen LogP contribution in [0.15, 0.2) is 22.7 Å². The highest BCUT2D eigenvalue weighted by Gasteiger charge is 2.39. The molecule has 0 aliphatic rings. The molecule has 0 saturated carbocycles. The van der Waals surface area contributed by atoms with E-state index in [1.807, 2.05) is 33.8 Å². The molecule has 180 valence electrons. The van der Waals surface area contributed by atoms with Crippen LogP contribution in [0.2, 0.25) is 22.5 Å². The van der Waals surface area contributed by atoms with Crippen LogP contribution < -0.4 is 4.72 Å². The molecular formula is C23H34BrClFNO2S2Si. The first-order valence-electron chi connectivity index (χ1n) is 10.5. The van der Waals surface area contributed by atoms with Crippen molar-refractivity contribution >= 4 is 58.5 Å². The molecule has 0 saturated heterocycles. The molecule has 0 spiro atoms. The van der Waals surface area contributed by atoms with Crippen molar-refractivity contribution < 1.29 is 13.4 Å². The molecular weight excluding hydrogens is 549 g/mol. The van der Waals surface area contributed by atoms with Crippen LogP contribution in [0, 0.1) is 12.7 Å². The maximum Gasteiger partial charge on any atom is 0.192 e. The fourth-order valence-corrected chi connectivity index (χ4v) is 6.51. The molecule has 32 heavy (non-hydrogen) atoms. The highest BCUT2D eigenvalue weighted by atomic mass is 79.9. The van der Waals surface area contributed by atoms with Crippen molar-refractivity contribution in [1.29, 1.82) is 0 Å². The number of rotatable bonds is 7. The molecule has 9 heteroatoms. The number of thiophene rings is 1. The Balaban J connectivity index is 2.60. The van der Waals surface area contributed by atoms with Crippen molar-refractivity contribution in [3.63, 3.8) is 0 Å². The van der Waals surface area contributed by atoms with Crippen molar-refractivity contribution in [2.24, 2.45) is 0 Å². The Kier molecular flexibility index (Phi) is 9.16. The first-order chi connectivity index (χ1) is 14.5. The van der Waals surface area contributed by atoms with Crippen LogP contribution in [-0.2, 0) is 22.4 Å². The molecule has 2 atom stereocenters. The van der Waals surface area contributed by atoms with Gasteiger partial charge in [0.15, 0.2) is 8.32 Å². The molecule has 1 aromatic carbocycles. The Morgan fingerprint density at radius 3 is 2.38 bits per heavy atom. The van der Waals surface area contributed by atoms with Crippen molar-refractivity contribution in [2.75, 3.05) is 0 Å². The van der Waals surface area contributed by atoms with Gasteiger partial charge in [0, 0.05) is 16.2 Å². The van der Waals surface area contributed by atoms with Gasteiger partial charge in [0.05, 0.1) is 15.4 Å². The lowest BCUT2D eigenvalue weighted by Gasteiger charge is -2.36. The Morgan fingerprint density at radius 1 is 1.25 bits per heavy atom. The minimum atomic E-state index is -2.00. The molecule has 0 aliphatic heterocycles. The summed E-state index contributed by atoms with van der Waals surface area (Å²) in [5.74, 6) is -0.367. The molecule has 2 rings (SSSR count). The van der Waals surface area contributed by atoms with Crippen molar-refractivity contribution in [1.82, 2.24) is 4.72 Å². The van der Waals surface area contributed by atoms with E-state index in [-0.39, 0.29) is 10.9 Å². The van der Waals surface area contributed by atoms with E-state index in [9.17, 15) is 8.94 Å². The van der Waals surface area contributed by atoms with E-state index < -0.39 is 30.5 Å². The van der Waals surface area contributed by atoms with Crippen molar-refractivity contribution in [3.05, 3.63) is 54.4 Å². The van der Waals surface area contributed by atoms with Crippen LogP contribution in [0.25, 0.3) is 0 Å². The van der Waals surface area contributed by atoms with E-state index >= 15 is 0 Å². The summed E-state index contributed by atoms with van der Waals surface area (Å²) in [7, 11) is -2.00. The number of hydrogen-bond acceptors (Lipinski definition) is 4. The minimum absolute atomic E-state index is 0.0697. The number of hydrogen-bond donors (Lipinski definition) is 1. The third-order valence-electron chi connectivity index (χ3n) is 5.94. The number of benzene rings is 1. The van der Waals surface area contributed by atoms with E-state index in [0.29, 0.717) is 21.0 Å². The van der Waals surface area contributed by atoms with Crippen LogP contribution in [-0.4, -0.2) is 17.6 Å². The number of halogens is 3. The molecule has 1 heterocycles. The van der Waals surface area contributed by atoms with Crippen LogP contribution >= 0.6 is 38.9 Å². The van der Waals surface area contributed by atoms with Gasteiger partial charge in [-0.3, -0.25) is 0 Å². The molecule has 3 nitrogen and oxygen atoms in total. The second-order valence-electron chi connectivity index (χ2n) is 10.5. The second-order valence-corrected chi connectivity index (χ2v) is 19.8. The molecule has 1 aromatic heterocycles. The van der Waals surface area contributed by atoms with E-state index in [2.05, 4.69) is 54.5 Å². The highest BCUT2D eigenvalue weighted by Crippen LogP contribution is 2.43. The fourth-order valence-electron chi connectivity index (χ4n) is 2.81. The highest BCUT2D eigenvalue weighted by molar-refractivity contribution is 9.10. The third kappa shape index (κ3) is 6.39. The standard InChI is InChI=1S/C23H34BrClFNO2S2Si/c1-14-18(17(30-21(14)25)13-29-32(8,9)23(5,6)7)20(27-31(28)22(2,3)4)15-11-10-12-16(26)19(15)24/h10-12,20,27H,13H2,1-9H3. The summed E-state index contributed by atoms with van der Waals surface area (Å²) in [6.07, 6.45) is 0. The summed E-state index contributed by atoms with van der Waals surface area (Å²) < 4.78 is 37.9. The topological polar surface area (TPSA) is 44.3 Å². The summed E-state index contributed by atoms with van der Waals surface area (Å²) >= 11 is 10.1.